The second-order valence-corrected chi connectivity index (χ2v) is 8.86. The van der Waals surface area contributed by atoms with E-state index in [1.54, 1.807) is 0 Å². The van der Waals surface area contributed by atoms with Crippen LogP contribution in [0, 0.1) is 0 Å². The summed E-state index contributed by atoms with van der Waals surface area (Å²) in [5, 5.41) is 9.08. The van der Waals surface area contributed by atoms with Crippen LogP contribution in [0.3, 0.4) is 0 Å². The van der Waals surface area contributed by atoms with Gasteiger partial charge in [0, 0.05) is 11.4 Å². The Bertz CT molecular complexity index is 698. The number of rotatable bonds is 6. The van der Waals surface area contributed by atoms with E-state index in [0.717, 1.165) is 5.56 Å². The maximum Gasteiger partial charge on any atom is 0.242 e. The molecule has 2 aromatic rings. The van der Waals surface area contributed by atoms with Crippen LogP contribution in [0.1, 0.15) is 23.3 Å². The first-order valence-electron chi connectivity index (χ1n) is 6.37. The predicted octanol–water partition coefficient (Wildman–Crippen LogP) is 3.08. The largest absolute Gasteiger partial charge is 0.391 e. The van der Waals surface area contributed by atoms with Crippen molar-refractivity contribution in [3.05, 3.63) is 50.6 Å². The Labute approximate surface area is 137 Å². The van der Waals surface area contributed by atoms with Gasteiger partial charge in [0.2, 0.25) is 10.0 Å². The van der Waals surface area contributed by atoms with Gasteiger partial charge in [-0.15, -0.1) is 11.3 Å². The molecule has 1 atom stereocenters. The molecule has 1 aromatic carbocycles. The molecular formula is C14H16BrNO3S2. The number of hydrogen-bond donors (Lipinski definition) is 2. The van der Waals surface area contributed by atoms with Crippen LogP contribution in [0.2, 0.25) is 0 Å². The zero-order valence-corrected chi connectivity index (χ0v) is 14.6. The molecule has 1 aromatic heterocycles. The van der Waals surface area contributed by atoms with Crippen LogP contribution in [0.5, 0.6) is 0 Å². The third-order valence-electron chi connectivity index (χ3n) is 3.10. The highest BCUT2D eigenvalue weighted by Gasteiger charge is 2.21. The van der Waals surface area contributed by atoms with Gasteiger partial charge in [-0.1, -0.05) is 37.3 Å². The Morgan fingerprint density at radius 3 is 2.57 bits per heavy atom. The molecule has 4 nitrogen and oxygen atoms in total. The summed E-state index contributed by atoms with van der Waals surface area (Å²) in [7, 11) is -3.58. The first-order valence-corrected chi connectivity index (χ1v) is 9.47. The van der Waals surface area contributed by atoms with Gasteiger partial charge in [0.25, 0.3) is 0 Å². The lowest BCUT2D eigenvalue weighted by molar-refractivity contribution is 0.285. The van der Waals surface area contributed by atoms with Crippen molar-refractivity contribution >= 4 is 37.3 Å². The Morgan fingerprint density at radius 2 is 2.00 bits per heavy atom. The van der Waals surface area contributed by atoms with E-state index in [1.165, 1.54) is 17.4 Å². The van der Waals surface area contributed by atoms with Gasteiger partial charge >= 0.3 is 0 Å². The summed E-state index contributed by atoms with van der Waals surface area (Å²) in [6, 6.07) is 11.2. The Balaban J connectivity index is 2.09. The van der Waals surface area contributed by atoms with E-state index in [-0.39, 0.29) is 17.4 Å². The average Bonchev–Trinajstić information content (AvgIpc) is 2.88. The highest BCUT2D eigenvalue weighted by atomic mass is 79.9. The van der Waals surface area contributed by atoms with Crippen LogP contribution in [0.4, 0.5) is 0 Å². The average molecular weight is 390 g/mol. The molecule has 7 heteroatoms. The van der Waals surface area contributed by atoms with Gasteiger partial charge in [0.15, 0.2) is 0 Å². The lowest BCUT2D eigenvalue weighted by Crippen LogP contribution is -2.27. The molecule has 0 spiro atoms. The Kier molecular flexibility index (Phi) is 5.56. The quantitative estimate of drug-likeness (QED) is 0.797. The van der Waals surface area contributed by atoms with Crippen molar-refractivity contribution in [1.29, 1.82) is 0 Å². The van der Waals surface area contributed by atoms with E-state index >= 15 is 0 Å². The molecule has 0 saturated heterocycles. The second-order valence-electron chi connectivity index (χ2n) is 4.67. The molecule has 1 heterocycles. The van der Waals surface area contributed by atoms with Crippen LogP contribution in [-0.4, -0.2) is 20.1 Å². The zero-order valence-electron chi connectivity index (χ0n) is 11.4. The van der Waals surface area contributed by atoms with Crippen molar-refractivity contribution in [3.63, 3.8) is 0 Å². The summed E-state index contributed by atoms with van der Waals surface area (Å²) in [6.45, 7) is 2.13. The van der Waals surface area contributed by atoms with E-state index in [0.29, 0.717) is 15.2 Å². The smallest absolute Gasteiger partial charge is 0.242 e. The summed E-state index contributed by atoms with van der Waals surface area (Å²) in [5.41, 5.74) is 1.08. The number of aliphatic hydroxyl groups is 1. The number of thiophene rings is 1. The minimum Gasteiger partial charge on any atom is -0.391 e. The summed E-state index contributed by atoms with van der Waals surface area (Å²) in [6.07, 6.45) is 0. The van der Waals surface area contributed by atoms with Crippen molar-refractivity contribution in [2.24, 2.45) is 0 Å². The normalized spacial score (nSPS) is 13.3. The van der Waals surface area contributed by atoms with Gasteiger partial charge in [-0.25, -0.2) is 13.1 Å². The fourth-order valence-corrected chi connectivity index (χ4v) is 5.54. The molecule has 1 unspecified atom stereocenters. The molecule has 0 fully saturated rings. The zero-order chi connectivity index (χ0) is 15.5. The van der Waals surface area contributed by atoms with Gasteiger partial charge in [-0.3, -0.25) is 0 Å². The summed E-state index contributed by atoms with van der Waals surface area (Å²) < 4.78 is 27.7. The molecule has 0 saturated carbocycles. The van der Waals surface area contributed by atoms with Crippen molar-refractivity contribution < 1.29 is 13.5 Å². The fraction of sp³-hybridized carbons (Fsp3) is 0.286. The molecule has 2 rings (SSSR count). The standard InChI is InChI=1S/C14H16BrNO3S2/c1-10(11-5-3-2-4-6-11)8-16-21(18,19)13-7-12(9-17)20-14(13)15/h2-7,10,16-17H,8-9H2,1H3. The topological polar surface area (TPSA) is 66.4 Å². The van der Waals surface area contributed by atoms with Gasteiger partial charge in [0.1, 0.15) is 4.90 Å². The van der Waals surface area contributed by atoms with Gasteiger partial charge in [0.05, 0.1) is 10.4 Å². The lowest BCUT2D eigenvalue weighted by atomic mass is 10.0. The van der Waals surface area contributed by atoms with Crippen LogP contribution in [0.15, 0.2) is 45.1 Å². The fourth-order valence-electron chi connectivity index (χ4n) is 1.87. The van der Waals surface area contributed by atoms with E-state index in [2.05, 4.69) is 20.7 Å². The van der Waals surface area contributed by atoms with Crippen molar-refractivity contribution in [1.82, 2.24) is 4.72 Å². The van der Waals surface area contributed by atoms with Crippen molar-refractivity contribution in [2.75, 3.05) is 6.54 Å². The molecule has 0 radical (unpaired) electrons. The third kappa shape index (κ3) is 4.14. The number of aliphatic hydroxyl groups excluding tert-OH is 1. The lowest BCUT2D eigenvalue weighted by Gasteiger charge is -2.13. The Morgan fingerprint density at radius 1 is 1.33 bits per heavy atom. The van der Waals surface area contributed by atoms with Gasteiger partial charge < -0.3 is 5.11 Å². The number of halogens is 1. The molecular weight excluding hydrogens is 374 g/mol. The summed E-state index contributed by atoms with van der Waals surface area (Å²) in [5.74, 6) is 0.0794. The number of nitrogens with one attached hydrogen (secondary N) is 1. The number of benzene rings is 1. The molecule has 2 N–H and O–H groups in total. The SMILES string of the molecule is CC(CNS(=O)(=O)c1cc(CO)sc1Br)c1ccccc1. The third-order valence-corrected chi connectivity index (χ3v) is 6.76. The van der Waals surface area contributed by atoms with Crippen LogP contribution < -0.4 is 4.72 Å². The monoisotopic (exact) mass is 389 g/mol. The van der Waals surface area contributed by atoms with Crippen molar-refractivity contribution in [3.8, 4) is 0 Å². The second kappa shape index (κ2) is 7.02. The molecule has 0 aliphatic carbocycles. The number of hydrogen-bond acceptors (Lipinski definition) is 4. The van der Waals surface area contributed by atoms with Gasteiger partial charge in [-0.05, 0) is 33.5 Å². The minimum absolute atomic E-state index is 0.0794. The minimum atomic E-state index is -3.58. The number of sulfonamides is 1. The predicted molar refractivity (Wildman–Crippen MR) is 88.0 cm³/mol. The van der Waals surface area contributed by atoms with E-state index in [4.69, 9.17) is 5.11 Å². The maximum absolute atomic E-state index is 12.3. The molecule has 0 bridgehead atoms. The maximum atomic E-state index is 12.3. The molecule has 0 aliphatic heterocycles. The van der Waals surface area contributed by atoms with Crippen molar-refractivity contribution in [2.45, 2.75) is 24.3 Å². The van der Waals surface area contributed by atoms with E-state index < -0.39 is 10.0 Å². The molecule has 21 heavy (non-hydrogen) atoms. The first-order chi connectivity index (χ1) is 9.94. The Hall–Kier alpha value is -0.730. The van der Waals surface area contributed by atoms with Crippen LogP contribution in [0.25, 0.3) is 0 Å². The highest BCUT2D eigenvalue weighted by molar-refractivity contribution is 9.11. The van der Waals surface area contributed by atoms with Crippen LogP contribution >= 0.6 is 27.3 Å². The molecule has 0 aliphatic rings. The van der Waals surface area contributed by atoms with E-state index in [9.17, 15) is 8.42 Å². The molecule has 114 valence electrons. The van der Waals surface area contributed by atoms with Crippen LogP contribution in [-0.2, 0) is 16.6 Å². The first kappa shape index (κ1) is 16.6. The summed E-state index contributed by atoms with van der Waals surface area (Å²) >= 11 is 4.45. The van der Waals surface area contributed by atoms with Gasteiger partial charge in [-0.2, -0.15) is 0 Å². The molecule has 0 amide bonds. The summed E-state index contributed by atoms with van der Waals surface area (Å²) in [4.78, 5) is 0.787. The highest BCUT2D eigenvalue weighted by Crippen LogP contribution is 2.31. The van der Waals surface area contributed by atoms with E-state index in [1.807, 2.05) is 37.3 Å².